The summed E-state index contributed by atoms with van der Waals surface area (Å²) in [6.45, 7) is 3.76. The predicted molar refractivity (Wildman–Crippen MR) is 60.3 cm³/mol. The van der Waals surface area contributed by atoms with Crippen LogP contribution in [0.1, 0.15) is 12.6 Å². The average molecular weight is 206 g/mol. The Morgan fingerprint density at radius 1 is 1.40 bits per heavy atom. The highest BCUT2D eigenvalue weighted by atomic mass is 19.1. The summed E-state index contributed by atoms with van der Waals surface area (Å²) in [5.74, 6) is -0.155. The van der Waals surface area contributed by atoms with Gasteiger partial charge in [0.25, 0.3) is 0 Å². The summed E-state index contributed by atoms with van der Waals surface area (Å²) in [4.78, 5) is 0. The number of hydrogen-bond acceptors (Lipinski definition) is 1. The molecule has 1 aromatic carbocycles. The van der Waals surface area contributed by atoms with Crippen LogP contribution < -0.4 is 5.32 Å². The molecule has 1 aromatic heterocycles. The van der Waals surface area contributed by atoms with E-state index in [0.29, 0.717) is 5.52 Å². The highest BCUT2D eigenvalue weighted by molar-refractivity contribution is 5.81. The van der Waals surface area contributed by atoms with Gasteiger partial charge in [0, 0.05) is 24.7 Å². The van der Waals surface area contributed by atoms with E-state index in [9.17, 15) is 4.39 Å². The van der Waals surface area contributed by atoms with E-state index in [2.05, 4.69) is 12.2 Å². The van der Waals surface area contributed by atoms with Gasteiger partial charge < -0.3 is 9.88 Å². The number of hydrogen-bond donors (Lipinski definition) is 1. The van der Waals surface area contributed by atoms with Gasteiger partial charge in [0.1, 0.15) is 5.82 Å². The first-order chi connectivity index (χ1) is 7.24. The molecular weight excluding hydrogens is 191 g/mol. The maximum atomic E-state index is 13.5. The Bertz CT molecular complexity index is 474. The van der Waals surface area contributed by atoms with Crippen molar-refractivity contribution in [3.8, 4) is 0 Å². The molecule has 0 aliphatic heterocycles. The minimum Gasteiger partial charge on any atom is -0.344 e. The van der Waals surface area contributed by atoms with E-state index in [1.807, 2.05) is 23.7 Å². The Labute approximate surface area is 88.7 Å². The molecule has 0 spiro atoms. The zero-order valence-corrected chi connectivity index (χ0v) is 9.05. The van der Waals surface area contributed by atoms with Crippen molar-refractivity contribution in [1.29, 1.82) is 0 Å². The maximum absolute atomic E-state index is 13.5. The minimum absolute atomic E-state index is 0.155. The Kier molecular flexibility index (Phi) is 2.73. The summed E-state index contributed by atoms with van der Waals surface area (Å²) < 4.78 is 15.5. The molecule has 0 unspecified atom stereocenters. The quantitative estimate of drug-likeness (QED) is 0.816. The van der Waals surface area contributed by atoms with Gasteiger partial charge >= 0.3 is 0 Å². The largest absolute Gasteiger partial charge is 0.344 e. The van der Waals surface area contributed by atoms with E-state index in [1.54, 1.807) is 6.07 Å². The normalized spacial score (nSPS) is 11.1. The van der Waals surface area contributed by atoms with Gasteiger partial charge in [0.2, 0.25) is 0 Å². The highest BCUT2D eigenvalue weighted by Crippen LogP contribution is 2.21. The molecule has 0 bridgehead atoms. The summed E-state index contributed by atoms with van der Waals surface area (Å²) in [5.41, 5.74) is 1.79. The molecule has 0 saturated heterocycles. The van der Waals surface area contributed by atoms with Crippen molar-refractivity contribution in [2.45, 2.75) is 13.5 Å². The van der Waals surface area contributed by atoms with Crippen molar-refractivity contribution in [3.05, 3.63) is 35.8 Å². The van der Waals surface area contributed by atoms with E-state index in [-0.39, 0.29) is 5.82 Å². The molecule has 80 valence electrons. The number of fused-ring (bicyclic) bond motifs is 1. The summed E-state index contributed by atoms with van der Waals surface area (Å²) in [5, 5.41) is 4.21. The molecular formula is C12H15FN2. The summed E-state index contributed by atoms with van der Waals surface area (Å²) in [6.07, 6.45) is 0. The second-order valence-corrected chi connectivity index (χ2v) is 3.65. The molecule has 3 heteroatoms. The first kappa shape index (κ1) is 10.2. The van der Waals surface area contributed by atoms with Crippen molar-refractivity contribution >= 4 is 10.9 Å². The monoisotopic (exact) mass is 206 g/mol. The standard InChI is InChI=1S/C12H15FN2/c1-3-14-8-10-7-9-5-4-6-11(13)12(9)15(10)2/h4-7,14H,3,8H2,1-2H3. The number of para-hydroxylation sites is 1. The summed E-state index contributed by atoms with van der Waals surface area (Å²) in [7, 11) is 1.90. The zero-order chi connectivity index (χ0) is 10.8. The topological polar surface area (TPSA) is 17.0 Å². The molecule has 1 heterocycles. The Morgan fingerprint density at radius 2 is 2.20 bits per heavy atom. The molecule has 0 amide bonds. The van der Waals surface area contributed by atoms with Crippen molar-refractivity contribution in [2.24, 2.45) is 7.05 Å². The lowest BCUT2D eigenvalue weighted by Crippen LogP contribution is -2.14. The van der Waals surface area contributed by atoms with E-state index >= 15 is 0 Å². The van der Waals surface area contributed by atoms with Gasteiger partial charge in [-0.2, -0.15) is 0 Å². The van der Waals surface area contributed by atoms with Crippen LogP contribution in [0.2, 0.25) is 0 Å². The molecule has 0 fully saturated rings. The predicted octanol–water partition coefficient (Wildman–Crippen LogP) is 2.43. The smallest absolute Gasteiger partial charge is 0.147 e. The van der Waals surface area contributed by atoms with E-state index in [0.717, 1.165) is 24.2 Å². The van der Waals surface area contributed by atoms with Crippen LogP contribution in [0.5, 0.6) is 0 Å². The fourth-order valence-corrected chi connectivity index (χ4v) is 1.84. The van der Waals surface area contributed by atoms with Gasteiger partial charge in [-0.3, -0.25) is 0 Å². The third-order valence-electron chi connectivity index (χ3n) is 2.66. The number of aromatic nitrogens is 1. The number of halogens is 1. The number of aryl methyl sites for hydroxylation is 1. The van der Waals surface area contributed by atoms with Crippen molar-refractivity contribution in [1.82, 2.24) is 9.88 Å². The first-order valence-corrected chi connectivity index (χ1v) is 5.17. The third-order valence-corrected chi connectivity index (χ3v) is 2.66. The van der Waals surface area contributed by atoms with E-state index < -0.39 is 0 Å². The number of nitrogens with zero attached hydrogens (tertiary/aromatic N) is 1. The second kappa shape index (κ2) is 4.03. The van der Waals surface area contributed by atoms with Gasteiger partial charge in [0.15, 0.2) is 0 Å². The Balaban J connectivity index is 2.50. The van der Waals surface area contributed by atoms with Crippen molar-refractivity contribution in [3.63, 3.8) is 0 Å². The molecule has 1 N–H and O–H groups in total. The van der Waals surface area contributed by atoms with Gasteiger partial charge in [-0.1, -0.05) is 19.1 Å². The van der Waals surface area contributed by atoms with Crippen LogP contribution in [0, 0.1) is 5.82 Å². The maximum Gasteiger partial charge on any atom is 0.147 e. The number of nitrogens with one attached hydrogen (secondary N) is 1. The Hall–Kier alpha value is -1.35. The molecule has 0 radical (unpaired) electrons. The van der Waals surface area contributed by atoms with Crippen LogP contribution >= 0.6 is 0 Å². The molecule has 2 aromatic rings. The summed E-state index contributed by atoms with van der Waals surface area (Å²) >= 11 is 0. The molecule has 15 heavy (non-hydrogen) atoms. The van der Waals surface area contributed by atoms with Gasteiger partial charge in [0.05, 0.1) is 5.52 Å². The van der Waals surface area contributed by atoms with Crippen LogP contribution in [0.25, 0.3) is 10.9 Å². The SMILES string of the molecule is CCNCc1cc2cccc(F)c2n1C. The third kappa shape index (κ3) is 1.75. The van der Waals surface area contributed by atoms with Gasteiger partial charge in [-0.05, 0) is 18.7 Å². The lowest BCUT2D eigenvalue weighted by atomic mass is 10.2. The molecule has 0 aliphatic rings. The van der Waals surface area contributed by atoms with Crippen molar-refractivity contribution < 1.29 is 4.39 Å². The fourth-order valence-electron chi connectivity index (χ4n) is 1.84. The second-order valence-electron chi connectivity index (χ2n) is 3.65. The van der Waals surface area contributed by atoms with Crippen LogP contribution in [-0.2, 0) is 13.6 Å². The zero-order valence-electron chi connectivity index (χ0n) is 9.05. The lowest BCUT2D eigenvalue weighted by molar-refractivity contribution is 0.626. The van der Waals surface area contributed by atoms with Crippen LogP contribution in [-0.4, -0.2) is 11.1 Å². The van der Waals surface area contributed by atoms with E-state index in [1.165, 1.54) is 6.07 Å². The van der Waals surface area contributed by atoms with Gasteiger partial charge in [-0.25, -0.2) is 4.39 Å². The molecule has 2 rings (SSSR count). The Morgan fingerprint density at radius 3 is 2.87 bits per heavy atom. The number of benzene rings is 1. The van der Waals surface area contributed by atoms with Gasteiger partial charge in [-0.15, -0.1) is 0 Å². The van der Waals surface area contributed by atoms with E-state index in [4.69, 9.17) is 0 Å². The lowest BCUT2D eigenvalue weighted by Gasteiger charge is -2.04. The molecule has 0 aliphatic carbocycles. The minimum atomic E-state index is -0.155. The fraction of sp³-hybridized carbons (Fsp3) is 0.333. The van der Waals surface area contributed by atoms with Crippen molar-refractivity contribution in [2.75, 3.05) is 6.54 Å². The molecule has 0 atom stereocenters. The number of rotatable bonds is 3. The van der Waals surface area contributed by atoms with Crippen LogP contribution in [0.15, 0.2) is 24.3 Å². The highest BCUT2D eigenvalue weighted by Gasteiger charge is 2.08. The summed E-state index contributed by atoms with van der Waals surface area (Å²) in [6, 6.07) is 7.21. The molecule has 0 saturated carbocycles. The van der Waals surface area contributed by atoms with Crippen LogP contribution in [0.3, 0.4) is 0 Å². The first-order valence-electron chi connectivity index (χ1n) is 5.17. The average Bonchev–Trinajstić information content (AvgIpc) is 2.54. The van der Waals surface area contributed by atoms with Crippen LogP contribution in [0.4, 0.5) is 4.39 Å². The molecule has 2 nitrogen and oxygen atoms in total.